The van der Waals surface area contributed by atoms with Gasteiger partial charge in [-0.25, -0.2) is 13.1 Å². The summed E-state index contributed by atoms with van der Waals surface area (Å²) in [5.41, 5.74) is 1.26. The molecular formula is C17H18Cl2N2O3S. The highest BCUT2D eigenvalue weighted by molar-refractivity contribution is 7.89. The molecule has 0 saturated heterocycles. The van der Waals surface area contributed by atoms with E-state index in [-0.39, 0.29) is 23.5 Å². The van der Waals surface area contributed by atoms with E-state index in [9.17, 15) is 13.5 Å². The molecule has 134 valence electrons. The van der Waals surface area contributed by atoms with Crippen molar-refractivity contribution in [3.8, 4) is 11.3 Å². The summed E-state index contributed by atoms with van der Waals surface area (Å²) in [4.78, 5) is 4.38. The molecule has 0 bridgehead atoms. The van der Waals surface area contributed by atoms with E-state index in [2.05, 4.69) is 9.71 Å². The number of hydrogen-bond donors (Lipinski definition) is 2. The number of hydrogen-bond acceptors (Lipinski definition) is 4. The number of nitrogens with zero attached hydrogens (tertiary/aromatic N) is 1. The summed E-state index contributed by atoms with van der Waals surface area (Å²) in [7, 11) is -3.60. The van der Waals surface area contributed by atoms with E-state index in [0.717, 1.165) is 12.8 Å². The van der Waals surface area contributed by atoms with E-state index in [1.807, 2.05) is 0 Å². The predicted molar refractivity (Wildman–Crippen MR) is 98.2 cm³/mol. The summed E-state index contributed by atoms with van der Waals surface area (Å²) < 4.78 is 27.7. The molecule has 0 spiro atoms. The van der Waals surface area contributed by atoms with Gasteiger partial charge in [0.15, 0.2) is 0 Å². The molecule has 2 aromatic rings. The van der Waals surface area contributed by atoms with Crippen LogP contribution in [0.15, 0.2) is 41.4 Å². The van der Waals surface area contributed by atoms with E-state index in [1.54, 1.807) is 18.2 Å². The van der Waals surface area contributed by atoms with Crippen molar-refractivity contribution in [1.29, 1.82) is 0 Å². The predicted octanol–water partition coefficient (Wildman–Crippen LogP) is 3.49. The maximum Gasteiger partial charge on any atom is 0.240 e. The molecule has 8 heteroatoms. The first-order valence-corrected chi connectivity index (χ1v) is 10.2. The average molecular weight is 401 g/mol. The van der Waals surface area contributed by atoms with E-state index >= 15 is 0 Å². The van der Waals surface area contributed by atoms with Crippen LogP contribution in [0, 0.1) is 5.92 Å². The minimum atomic E-state index is -3.60. The first-order chi connectivity index (χ1) is 11.9. The lowest BCUT2D eigenvalue weighted by Gasteiger charge is -2.13. The second kappa shape index (κ2) is 7.60. The Morgan fingerprint density at radius 3 is 2.52 bits per heavy atom. The third kappa shape index (κ3) is 4.33. The van der Waals surface area contributed by atoms with Gasteiger partial charge in [-0.2, -0.15) is 0 Å². The molecule has 1 aromatic heterocycles. The number of sulfonamides is 1. The van der Waals surface area contributed by atoms with Crippen molar-refractivity contribution in [2.75, 3.05) is 6.61 Å². The Morgan fingerprint density at radius 2 is 1.92 bits per heavy atom. The minimum absolute atomic E-state index is 0.0990. The monoisotopic (exact) mass is 400 g/mol. The van der Waals surface area contributed by atoms with Crippen LogP contribution in [0.3, 0.4) is 0 Å². The zero-order valence-electron chi connectivity index (χ0n) is 13.3. The Hall–Kier alpha value is -1.18. The lowest BCUT2D eigenvalue weighted by molar-refractivity contribution is 0.228. The van der Waals surface area contributed by atoms with E-state index < -0.39 is 10.0 Å². The highest BCUT2D eigenvalue weighted by atomic mass is 35.5. The summed E-state index contributed by atoms with van der Waals surface area (Å²) in [5.74, 6) is 0.174. The van der Waals surface area contributed by atoms with Crippen molar-refractivity contribution in [3.63, 3.8) is 0 Å². The highest BCUT2D eigenvalue weighted by Crippen LogP contribution is 2.29. The summed E-state index contributed by atoms with van der Waals surface area (Å²) in [6, 6.07) is 7.86. The van der Waals surface area contributed by atoms with Gasteiger partial charge in [-0.3, -0.25) is 4.98 Å². The number of aromatic nitrogens is 1. The van der Waals surface area contributed by atoms with Crippen LogP contribution in [0.25, 0.3) is 11.3 Å². The lowest BCUT2D eigenvalue weighted by atomic mass is 10.1. The molecule has 1 aliphatic rings. The van der Waals surface area contributed by atoms with Crippen LogP contribution in [0.2, 0.25) is 10.0 Å². The first-order valence-electron chi connectivity index (χ1n) is 7.93. The lowest BCUT2D eigenvalue weighted by Crippen LogP contribution is -2.33. The molecule has 5 nitrogen and oxygen atoms in total. The fourth-order valence-corrected chi connectivity index (χ4v) is 4.83. The molecule has 3 rings (SSSR count). The molecule has 0 aliphatic heterocycles. The summed E-state index contributed by atoms with van der Waals surface area (Å²) in [5, 5.41) is 10.0. The van der Waals surface area contributed by atoms with E-state index in [0.29, 0.717) is 27.7 Å². The minimum Gasteiger partial charge on any atom is -0.396 e. The number of aliphatic hydroxyl groups excluding tert-OH is 1. The largest absolute Gasteiger partial charge is 0.396 e. The summed E-state index contributed by atoms with van der Waals surface area (Å²) in [6.45, 7) is 0.0990. The number of aliphatic hydroxyl groups is 1. The van der Waals surface area contributed by atoms with Crippen molar-refractivity contribution < 1.29 is 13.5 Å². The average Bonchev–Trinajstić information content (AvgIpc) is 3.02. The van der Waals surface area contributed by atoms with Crippen LogP contribution in [0.5, 0.6) is 0 Å². The van der Waals surface area contributed by atoms with Gasteiger partial charge in [0.2, 0.25) is 10.0 Å². The number of rotatable bonds is 5. The number of halogens is 2. The Labute approximate surface area is 157 Å². The topological polar surface area (TPSA) is 79.3 Å². The summed E-state index contributed by atoms with van der Waals surface area (Å²) >= 11 is 12.0. The van der Waals surface area contributed by atoms with Gasteiger partial charge in [0.1, 0.15) is 0 Å². The number of benzene rings is 1. The molecule has 2 N–H and O–H groups in total. The zero-order valence-corrected chi connectivity index (χ0v) is 15.7. The fourth-order valence-electron chi connectivity index (χ4n) is 3.05. The number of pyridine rings is 1. The van der Waals surface area contributed by atoms with Gasteiger partial charge in [-0.1, -0.05) is 35.3 Å². The van der Waals surface area contributed by atoms with Crippen molar-refractivity contribution in [2.45, 2.75) is 30.2 Å². The maximum absolute atomic E-state index is 12.5. The molecule has 1 fully saturated rings. The molecule has 1 aliphatic carbocycles. The quantitative estimate of drug-likeness (QED) is 0.804. The normalized spacial score (nSPS) is 20.8. The molecule has 0 unspecified atom stereocenters. The van der Waals surface area contributed by atoms with Crippen LogP contribution in [0.4, 0.5) is 0 Å². The second-order valence-electron chi connectivity index (χ2n) is 6.19. The van der Waals surface area contributed by atoms with Crippen LogP contribution < -0.4 is 4.72 Å². The van der Waals surface area contributed by atoms with Gasteiger partial charge in [0.25, 0.3) is 0 Å². The van der Waals surface area contributed by atoms with E-state index in [1.165, 1.54) is 18.3 Å². The molecule has 1 heterocycles. The highest BCUT2D eigenvalue weighted by Gasteiger charge is 2.28. The molecule has 0 amide bonds. The molecule has 2 atom stereocenters. The van der Waals surface area contributed by atoms with Crippen molar-refractivity contribution in [3.05, 3.63) is 46.6 Å². The van der Waals surface area contributed by atoms with Crippen LogP contribution >= 0.6 is 23.2 Å². The molecule has 1 aromatic carbocycles. The Bertz CT molecular complexity index is 857. The van der Waals surface area contributed by atoms with Gasteiger partial charge in [-0.05, 0) is 43.4 Å². The summed E-state index contributed by atoms with van der Waals surface area (Å²) in [6.07, 6.45) is 3.74. The fraction of sp³-hybridized carbons (Fsp3) is 0.353. The van der Waals surface area contributed by atoms with Crippen LogP contribution in [-0.4, -0.2) is 31.2 Å². The SMILES string of the molecule is O=S(=O)(N[C@@H]1CC[C@H](CO)C1)c1ccc(-c2ncc(Cl)cc2Cl)cc1. The van der Waals surface area contributed by atoms with Gasteiger partial charge in [0.05, 0.1) is 20.6 Å². The smallest absolute Gasteiger partial charge is 0.240 e. The van der Waals surface area contributed by atoms with Crippen LogP contribution in [0.1, 0.15) is 19.3 Å². The van der Waals surface area contributed by atoms with E-state index in [4.69, 9.17) is 23.2 Å². The van der Waals surface area contributed by atoms with Crippen molar-refractivity contribution in [1.82, 2.24) is 9.71 Å². The number of nitrogens with one attached hydrogen (secondary N) is 1. The molecular weight excluding hydrogens is 383 g/mol. The van der Waals surface area contributed by atoms with Crippen molar-refractivity contribution in [2.24, 2.45) is 5.92 Å². The van der Waals surface area contributed by atoms with Gasteiger partial charge in [0, 0.05) is 24.4 Å². The second-order valence-corrected chi connectivity index (χ2v) is 8.75. The van der Waals surface area contributed by atoms with Crippen molar-refractivity contribution >= 4 is 33.2 Å². The van der Waals surface area contributed by atoms with Gasteiger partial charge >= 0.3 is 0 Å². The molecule has 0 radical (unpaired) electrons. The molecule has 1 saturated carbocycles. The maximum atomic E-state index is 12.5. The first kappa shape index (κ1) is 18.6. The zero-order chi connectivity index (χ0) is 18.0. The standard InChI is InChI=1S/C17H18Cl2N2O3S/c18-13-8-16(19)17(20-9-13)12-2-5-15(6-3-12)25(23,24)21-14-4-1-11(7-14)10-22/h2-3,5-6,8-9,11,14,21-22H,1,4,7,10H2/t11-,14+/m0/s1. The Morgan fingerprint density at radius 1 is 1.20 bits per heavy atom. The van der Waals surface area contributed by atoms with Crippen LogP contribution in [-0.2, 0) is 10.0 Å². The molecule has 25 heavy (non-hydrogen) atoms. The Kier molecular flexibility index (Phi) is 5.65. The van der Waals surface area contributed by atoms with Gasteiger partial charge in [-0.15, -0.1) is 0 Å². The third-order valence-electron chi connectivity index (χ3n) is 4.37. The third-order valence-corrected chi connectivity index (χ3v) is 6.40. The Balaban J connectivity index is 1.77. The van der Waals surface area contributed by atoms with Gasteiger partial charge < -0.3 is 5.11 Å².